The molecule has 0 radical (unpaired) electrons. The minimum absolute atomic E-state index is 0.358. The maximum absolute atomic E-state index is 10.8. The van der Waals surface area contributed by atoms with Gasteiger partial charge in [-0.2, -0.15) is 0 Å². The Morgan fingerprint density at radius 1 is 1.62 bits per heavy atom. The number of primary amides is 1. The fourth-order valence-corrected chi connectivity index (χ4v) is 1.38. The Morgan fingerprint density at radius 2 is 2.31 bits per heavy atom. The average molecular weight is 241 g/mol. The molecule has 0 unspecified atom stereocenters. The van der Waals surface area contributed by atoms with Gasteiger partial charge in [0.2, 0.25) is 5.91 Å². The minimum atomic E-state index is -0.528. The standard InChI is InChI=1S/C7H5BrN4O/c8-6-3-4(11-12-10)1-2-5(6)7(9)13/h1-3H,(H2,9,13). The topological polar surface area (TPSA) is 91.8 Å². The molecule has 0 saturated carbocycles. The molecule has 0 spiro atoms. The summed E-state index contributed by atoms with van der Waals surface area (Å²) in [5.74, 6) is -0.528. The van der Waals surface area contributed by atoms with E-state index in [1.165, 1.54) is 18.2 Å². The second-order valence-electron chi connectivity index (χ2n) is 2.22. The fraction of sp³-hybridized carbons (Fsp3) is 0. The Morgan fingerprint density at radius 3 is 2.77 bits per heavy atom. The van der Waals surface area contributed by atoms with Crippen molar-refractivity contribution in [1.82, 2.24) is 0 Å². The lowest BCUT2D eigenvalue weighted by atomic mass is 10.2. The van der Waals surface area contributed by atoms with Gasteiger partial charge in [0.15, 0.2) is 0 Å². The summed E-state index contributed by atoms with van der Waals surface area (Å²) in [6.45, 7) is 0. The first kappa shape index (κ1) is 9.57. The number of azide groups is 1. The van der Waals surface area contributed by atoms with Gasteiger partial charge in [0, 0.05) is 15.1 Å². The summed E-state index contributed by atoms with van der Waals surface area (Å²) in [7, 11) is 0. The van der Waals surface area contributed by atoms with Gasteiger partial charge in [-0.3, -0.25) is 4.79 Å². The summed E-state index contributed by atoms with van der Waals surface area (Å²) < 4.78 is 0.518. The number of hydrogen-bond acceptors (Lipinski definition) is 2. The number of halogens is 1. The molecule has 0 saturated heterocycles. The Bertz CT molecular complexity index is 397. The van der Waals surface area contributed by atoms with E-state index >= 15 is 0 Å². The number of nitrogens with two attached hydrogens (primary N) is 1. The Hall–Kier alpha value is -1.52. The van der Waals surface area contributed by atoms with Crippen LogP contribution in [-0.2, 0) is 0 Å². The third-order valence-corrected chi connectivity index (χ3v) is 2.03. The quantitative estimate of drug-likeness (QED) is 0.480. The summed E-state index contributed by atoms with van der Waals surface area (Å²) >= 11 is 3.13. The first-order valence-corrected chi connectivity index (χ1v) is 4.09. The molecule has 0 aliphatic carbocycles. The predicted octanol–water partition coefficient (Wildman–Crippen LogP) is 2.49. The number of nitrogens with zero attached hydrogens (tertiary/aromatic N) is 3. The van der Waals surface area contributed by atoms with Crippen molar-refractivity contribution in [2.75, 3.05) is 0 Å². The highest BCUT2D eigenvalue weighted by molar-refractivity contribution is 9.10. The first-order chi connectivity index (χ1) is 6.15. The van der Waals surface area contributed by atoms with E-state index in [2.05, 4.69) is 26.0 Å². The van der Waals surface area contributed by atoms with Crippen LogP contribution in [0.3, 0.4) is 0 Å². The van der Waals surface area contributed by atoms with E-state index in [1.807, 2.05) is 0 Å². The van der Waals surface area contributed by atoms with E-state index in [0.29, 0.717) is 15.7 Å². The molecular weight excluding hydrogens is 236 g/mol. The van der Waals surface area contributed by atoms with Crippen molar-refractivity contribution >= 4 is 27.5 Å². The Kier molecular flexibility index (Phi) is 2.89. The SMILES string of the molecule is [N-]=[N+]=Nc1ccc(C(N)=O)c(Br)c1. The van der Waals surface area contributed by atoms with Crippen LogP contribution in [0.1, 0.15) is 10.4 Å². The second-order valence-corrected chi connectivity index (χ2v) is 3.07. The van der Waals surface area contributed by atoms with Crippen molar-refractivity contribution in [2.24, 2.45) is 10.8 Å². The second kappa shape index (κ2) is 3.93. The molecule has 0 bridgehead atoms. The van der Waals surface area contributed by atoms with Gasteiger partial charge in [-0.1, -0.05) is 11.2 Å². The zero-order valence-corrected chi connectivity index (χ0v) is 8.02. The molecule has 0 aliphatic heterocycles. The van der Waals surface area contributed by atoms with Gasteiger partial charge in [0.1, 0.15) is 0 Å². The predicted molar refractivity (Wildman–Crippen MR) is 51.5 cm³/mol. The largest absolute Gasteiger partial charge is 0.366 e. The van der Waals surface area contributed by atoms with Crippen molar-refractivity contribution in [3.8, 4) is 0 Å². The van der Waals surface area contributed by atoms with E-state index in [1.54, 1.807) is 0 Å². The molecule has 0 atom stereocenters. The lowest BCUT2D eigenvalue weighted by Gasteiger charge is -1.99. The maximum atomic E-state index is 10.8. The van der Waals surface area contributed by atoms with Crippen LogP contribution >= 0.6 is 15.9 Å². The van der Waals surface area contributed by atoms with E-state index in [0.717, 1.165) is 0 Å². The van der Waals surface area contributed by atoms with Crippen molar-refractivity contribution < 1.29 is 4.79 Å². The number of benzene rings is 1. The molecule has 0 fully saturated rings. The van der Waals surface area contributed by atoms with Gasteiger partial charge in [-0.15, -0.1) is 0 Å². The molecule has 2 N–H and O–H groups in total. The van der Waals surface area contributed by atoms with Crippen LogP contribution in [0.2, 0.25) is 0 Å². The molecule has 0 aliphatic rings. The number of carbonyl (C=O) groups is 1. The summed E-state index contributed by atoms with van der Waals surface area (Å²) in [6.07, 6.45) is 0. The van der Waals surface area contributed by atoms with Crippen LogP contribution in [0.25, 0.3) is 10.4 Å². The van der Waals surface area contributed by atoms with E-state index < -0.39 is 5.91 Å². The molecular formula is C7H5BrN4O. The fourth-order valence-electron chi connectivity index (χ4n) is 0.818. The molecule has 0 aromatic heterocycles. The molecule has 0 heterocycles. The van der Waals surface area contributed by atoms with Crippen molar-refractivity contribution in [3.05, 3.63) is 38.7 Å². The number of hydrogen-bond donors (Lipinski definition) is 1. The van der Waals surface area contributed by atoms with E-state index in [-0.39, 0.29) is 0 Å². The van der Waals surface area contributed by atoms with Gasteiger partial charge in [-0.25, -0.2) is 0 Å². The summed E-state index contributed by atoms with van der Waals surface area (Å²) in [5.41, 5.74) is 14.0. The molecule has 66 valence electrons. The lowest BCUT2D eigenvalue weighted by molar-refractivity contribution is 0.0999. The van der Waals surface area contributed by atoms with Gasteiger partial charge >= 0.3 is 0 Å². The normalized spacial score (nSPS) is 9.00. The Labute approximate surface area is 82.3 Å². The molecule has 1 aromatic carbocycles. The smallest absolute Gasteiger partial charge is 0.249 e. The van der Waals surface area contributed by atoms with Crippen molar-refractivity contribution in [3.63, 3.8) is 0 Å². The van der Waals surface area contributed by atoms with Crippen LogP contribution in [0.4, 0.5) is 5.69 Å². The molecule has 5 nitrogen and oxygen atoms in total. The van der Waals surface area contributed by atoms with E-state index in [4.69, 9.17) is 11.3 Å². The van der Waals surface area contributed by atoms with Gasteiger partial charge in [0.25, 0.3) is 0 Å². The summed E-state index contributed by atoms with van der Waals surface area (Å²) in [6, 6.07) is 4.54. The number of amides is 1. The maximum Gasteiger partial charge on any atom is 0.249 e. The molecule has 6 heteroatoms. The van der Waals surface area contributed by atoms with Crippen LogP contribution < -0.4 is 5.73 Å². The zero-order chi connectivity index (χ0) is 9.84. The molecule has 1 rings (SSSR count). The van der Waals surface area contributed by atoms with Crippen LogP contribution in [-0.4, -0.2) is 5.91 Å². The first-order valence-electron chi connectivity index (χ1n) is 3.29. The van der Waals surface area contributed by atoms with Crippen molar-refractivity contribution in [1.29, 1.82) is 0 Å². The third-order valence-electron chi connectivity index (χ3n) is 1.38. The summed E-state index contributed by atoms with van der Waals surface area (Å²) in [4.78, 5) is 13.4. The van der Waals surface area contributed by atoms with Crippen molar-refractivity contribution in [2.45, 2.75) is 0 Å². The average Bonchev–Trinajstić information content (AvgIpc) is 2.04. The zero-order valence-electron chi connectivity index (χ0n) is 6.44. The number of rotatable bonds is 2. The highest BCUT2D eigenvalue weighted by atomic mass is 79.9. The number of carbonyl (C=O) groups excluding carboxylic acids is 1. The van der Waals surface area contributed by atoms with E-state index in [9.17, 15) is 4.79 Å². The lowest BCUT2D eigenvalue weighted by Crippen LogP contribution is -2.11. The van der Waals surface area contributed by atoms with Crippen LogP contribution in [0.15, 0.2) is 27.8 Å². The minimum Gasteiger partial charge on any atom is -0.366 e. The van der Waals surface area contributed by atoms with Gasteiger partial charge in [-0.05, 0) is 33.6 Å². The molecule has 13 heavy (non-hydrogen) atoms. The highest BCUT2D eigenvalue weighted by Crippen LogP contribution is 2.22. The highest BCUT2D eigenvalue weighted by Gasteiger charge is 2.05. The Balaban J connectivity index is 3.19. The monoisotopic (exact) mass is 240 g/mol. The van der Waals surface area contributed by atoms with Gasteiger partial charge in [0.05, 0.1) is 5.56 Å². The van der Waals surface area contributed by atoms with Crippen LogP contribution in [0.5, 0.6) is 0 Å². The molecule has 1 amide bonds. The summed E-state index contributed by atoms with van der Waals surface area (Å²) in [5, 5.41) is 3.37. The van der Waals surface area contributed by atoms with Gasteiger partial charge < -0.3 is 5.73 Å². The third kappa shape index (κ3) is 2.21. The van der Waals surface area contributed by atoms with Crippen LogP contribution in [0, 0.1) is 0 Å². The molecule has 1 aromatic rings.